The topological polar surface area (TPSA) is 122 Å². The number of fused-ring (bicyclic) bond motifs is 1. The minimum atomic E-state index is -4.80. The van der Waals surface area contributed by atoms with Crippen LogP contribution in [0, 0.1) is 0 Å². The van der Waals surface area contributed by atoms with Gasteiger partial charge in [-0.2, -0.15) is 0 Å². The first kappa shape index (κ1) is 26.7. The van der Waals surface area contributed by atoms with Crippen LogP contribution in [0.4, 0.5) is 16.2 Å². The summed E-state index contributed by atoms with van der Waals surface area (Å²) in [7, 11) is -5.71. The van der Waals surface area contributed by atoms with Crippen LogP contribution in [0.15, 0.2) is 41.3 Å². The SMILES string of the molecule is CCN(C(=O)N1CCc2cc(N(CP(=O)(O)O)S(=O)(=O)c3cc(Cl)cc(Cl)c3)ccc21)N(C)C. The Balaban J connectivity index is 2.05. The summed E-state index contributed by atoms with van der Waals surface area (Å²) in [5.74, 6) is 0. The van der Waals surface area contributed by atoms with Crippen LogP contribution in [0.3, 0.4) is 0 Å². The Morgan fingerprint density at radius 2 is 1.74 bits per heavy atom. The summed E-state index contributed by atoms with van der Waals surface area (Å²) in [4.78, 5) is 33.5. The minimum Gasteiger partial charge on any atom is -0.323 e. The zero-order valence-corrected chi connectivity index (χ0v) is 21.9. The highest BCUT2D eigenvalue weighted by atomic mass is 35.5. The number of hydrogen-bond donors (Lipinski definition) is 2. The maximum atomic E-state index is 13.4. The van der Waals surface area contributed by atoms with E-state index in [0.29, 0.717) is 35.1 Å². The van der Waals surface area contributed by atoms with Gasteiger partial charge in [0.1, 0.15) is 6.29 Å². The second kappa shape index (κ2) is 10.0. The molecule has 0 atom stereocenters. The van der Waals surface area contributed by atoms with Crippen LogP contribution < -0.4 is 9.21 Å². The van der Waals surface area contributed by atoms with Crippen molar-refractivity contribution in [2.24, 2.45) is 0 Å². The minimum absolute atomic E-state index is 0.0485. The van der Waals surface area contributed by atoms with Gasteiger partial charge < -0.3 is 9.79 Å². The molecule has 14 heteroatoms. The van der Waals surface area contributed by atoms with Crippen LogP contribution >= 0.6 is 30.8 Å². The number of rotatable bonds is 7. The van der Waals surface area contributed by atoms with Gasteiger partial charge in [0.2, 0.25) is 0 Å². The third-order valence-electron chi connectivity index (χ3n) is 5.22. The van der Waals surface area contributed by atoms with Crippen molar-refractivity contribution >= 4 is 58.2 Å². The summed E-state index contributed by atoms with van der Waals surface area (Å²) in [5, 5.41) is 3.36. The van der Waals surface area contributed by atoms with Gasteiger partial charge in [0, 0.05) is 42.9 Å². The number of carbonyl (C=O) groups excluding carboxylic acids is 1. The summed E-state index contributed by atoms with van der Waals surface area (Å²) in [5.41, 5.74) is 1.33. The normalized spacial score (nSPS) is 13.8. The van der Waals surface area contributed by atoms with Gasteiger partial charge in [-0.05, 0) is 55.3 Å². The molecule has 2 aromatic rings. The van der Waals surface area contributed by atoms with Gasteiger partial charge in [-0.25, -0.2) is 18.2 Å². The number of hydrazine groups is 1. The molecule has 0 saturated carbocycles. The van der Waals surface area contributed by atoms with Crippen molar-refractivity contribution in [3.05, 3.63) is 52.0 Å². The van der Waals surface area contributed by atoms with Crippen LogP contribution in [0.25, 0.3) is 0 Å². The van der Waals surface area contributed by atoms with Crippen LogP contribution in [0.1, 0.15) is 12.5 Å². The van der Waals surface area contributed by atoms with Crippen molar-refractivity contribution in [1.82, 2.24) is 10.0 Å². The molecule has 2 N–H and O–H groups in total. The number of benzene rings is 2. The lowest BCUT2D eigenvalue weighted by Gasteiger charge is -2.32. The summed E-state index contributed by atoms with van der Waals surface area (Å²) < 4.78 is 39.2. The summed E-state index contributed by atoms with van der Waals surface area (Å²) in [6.07, 6.45) is -0.627. The second-order valence-corrected chi connectivity index (χ2v) is 12.2. The maximum absolute atomic E-state index is 13.4. The smallest absolute Gasteiger partial charge is 0.323 e. The Kier molecular flexibility index (Phi) is 7.89. The molecule has 0 aliphatic carbocycles. The van der Waals surface area contributed by atoms with Crippen LogP contribution in [-0.2, 0) is 21.0 Å². The molecule has 0 aromatic heterocycles. The number of urea groups is 1. The third kappa shape index (κ3) is 5.68. The number of hydrogen-bond acceptors (Lipinski definition) is 5. The molecule has 0 bridgehead atoms. The van der Waals surface area contributed by atoms with E-state index in [4.69, 9.17) is 23.2 Å². The molecule has 0 fully saturated rings. The van der Waals surface area contributed by atoms with Gasteiger partial charge >= 0.3 is 13.6 Å². The van der Waals surface area contributed by atoms with E-state index < -0.39 is 23.9 Å². The molecule has 0 radical (unpaired) electrons. The molecule has 10 nitrogen and oxygen atoms in total. The van der Waals surface area contributed by atoms with Crippen LogP contribution in [0.2, 0.25) is 10.0 Å². The number of carbonyl (C=O) groups is 1. The molecule has 34 heavy (non-hydrogen) atoms. The Labute approximate surface area is 208 Å². The summed E-state index contributed by atoms with van der Waals surface area (Å²) in [6, 6.07) is 7.94. The first-order chi connectivity index (χ1) is 15.7. The number of sulfonamides is 1. The third-order valence-corrected chi connectivity index (χ3v) is 8.25. The molecule has 1 heterocycles. The molecular weight excluding hydrogens is 526 g/mol. The van der Waals surface area contributed by atoms with Gasteiger partial charge in [0.15, 0.2) is 0 Å². The van der Waals surface area contributed by atoms with Gasteiger partial charge in [-0.1, -0.05) is 23.2 Å². The van der Waals surface area contributed by atoms with E-state index in [1.165, 1.54) is 18.2 Å². The van der Waals surface area contributed by atoms with Crippen LogP contribution in [-0.4, -0.2) is 67.7 Å². The maximum Gasteiger partial charge on any atom is 0.345 e. The molecule has 2 amide bonds. The lowest BCUT2D eigenvalue weighted by molar-refractivity contribution is 0.0726. The monoisotopic (exact) mass is 550 g/mol. The van der Waals surface area contributed by atoms with E-state index in [1.54, 1.807) is 35.1 Å². The van der Waals surface area contributed by atoms with Crippen molar-refractivity contribution in [3.63, 3.8) is 0 Å². The molecule has 0 spiro atoms. The summed E-state index contributed by atoms with van der Waals surface area (Å²) in [6.45, 7) is 2.70. The quantitative estimate of drug-likeness (QED) is 0.399. The van der Waals surface area contributed by atoms with Gasteiger partial charge in [0.25, 0.3) is 10.0 Å². The molecule has 0 saturated heterocycles. The fourth-order valence-corrected chi connectivity index (χ4v) is 7.15. The molecule has 186 valence electrons. The zero-order chi connectivity index (χ0) is 25.4. The van der Waals surface area contributed by atoms with E-state index in [2.05, 4.69) is 0 Å². The van der Waals surface area contributed by atoms with E-state index in [1.807, 2.05) is 6.92 Å². The van der Waals surface area contributed by atoms with Gasteiger partial charge in [0.05, 0.1) is 10.6 Å². The van der Waals surface area contributed by atoms with Gasteiger partial charge in [-0.15, -0.1) is 0 Å². The Morgan fingerprint density at radius 1 is 1.12 bits per heavy atom. The molecule has 0 unspecified atom stereocenters. The number of halogens is 2. The number of amides is 2. The highest BCUT2D eigenvalue weighted by molar-refractivity contribution is 7.93. The van der Waals surface area contributed by atoms with E-state index >= 15 is 0 Å². The van der Waals surface area contributed by atoms with Crippen molar-refractivity contribution in [1.29, 1.82) is 0 Å². The van der Waals surface area contributed by atoms with Crippen LogP contribution in [0.5, 0.6) is 0 Å². The van der Waals surface area contributed by atoms with Gasteiger partial charge in [-0.3, -0.25) is 18.8 Å². The van der Waals surface area contributed by atoms with Crippen molar-refractivity contribution in [3.8, 4) is 0 Å². The highest BCUT2D eigenvalue weighted by Gasteiger charge is 2.34. The van der Waals surface area contributed by atoms with E-state index in [-0.39, 0.29) is 26.7 Å². The molecular formula is C20H25Cl2N4O6PS. The molecule has 1 aliphatic heterocycles. The first-order valence-corrected chi connectivity index (χ1v) is 14.2. The van der Waals surface area contributed by atoms with Crippen molar-refractivity contribution < 1.29 is 27.6 Å². The average Bonchev–Trinajstić information content (AvgIpc) is 3.14. The van der Waals surface area contributed by atoms with Crippen molar-refractivity contribution in [2.75, 3.05) is 42.7 Å². The first-order valence-electron chi connectivity index (χ1n) is 10.2. The second-order valence-electron chi connectivity index (χ2n) is 7.83. The van der Waals surface area contributed by atoms with Crippen molar-refractivity contribution in [2.45, 2.75) is 18.2 Å². The Hall–Kier alpha value is -1.85. The highest BCUT2D eigenvalue weighted by Crippen LogP contribution is 2.41. The summed E-state index contributed by atoms with van der Waals surface area (Å²) >= 11 is 11.9. The standard InChI is InChI=1S/C20H25Cl2N4O6PS/c1-4-25(23(2)3)20(27)24-8-7-14-9-17(5-6-19(14)24)26(13-33(28,29)30)34(31,32)18-11-15(21)10-16(22)12-18/h5-6,9-12H,4,7-8,13H2,1-3H3,(H2,28,29,30). The lowest BCUT2D eigenvalue weighted by atomic mass is 10.1. The van der Waals surface area contributed by atoms with E-state index in [9.17, 15) is 27.6 Å². The average molecular weight is 551 g/mol. The zero-order valence-electron chi connectivity index (χ0n) is 18.7. The number of nitrogens with zero attached hydrogens (tertiary/aromatic N) is 4. The molecule has 2 aromatic carbocycles. The fourth-order valence-electron chi connectivity index (χ4n) is 3.74. The lowest BCUT2D eigenvalue weighted by Crippen LogP contribution is -2.49. The Bertz CT molecular complexity index is 1230. The predicted octanol–water partition coefficient (Wildman–Crippen LogP) is 3.60. The predicted molar refractivity (Wildman–Crippen MR) is 132 cm³/mol. The Morgan fingerprint density at radius 3 is 2.26 bits per heavy atom. The van der Waals surface area contributed by atoms with E-state index in [0.717, 1.165) is 12.1 Å². The largest absolute Gasteiger partial charge is 0.345 e. The molecule has 3 rings (SSSR count). The fraction of sp³-hybridized carbons (Fsp3) is 0.350. The molecule has 1 aliphatic rings. The number of anilines is 2.